The van der Waals surface area contributed by atoms with Gasteiger partial charge in [-0.2, -0.15) is 0 Å². The van der Waals surface area contributed by atoms with E-state index in [-0.39, 0.29) is 63.8 Å². The summed E-state index contributed by atoms with van der Waals surface area (Å²) in [6.45, 7) is 0. The minimum atomic E-state index is -1.13. The third kappa shape index (κ3) is 2.43. The fourth-order valence-electron chi connectivity index (χ4n) is 2.14. The van der Waals surface area contributed by atoms with Crippen molar-refractivity contribution >= 4 is 27.5 Å². The van der Waals surface area contributed by atoms with Crippen molar-refractivity contribution in [2.45, 2.75) is 0 Å². The normalized spacial score (nSPS) is 10.2. The summed E-state index contributed by atoms with van der Waals surface area (Å²) in [5.74, 6) is -1.13. The van der Waals surface area contributed by atoms with Gasteiger partial charge in [-0.15, -0.1) is 0 Å². The van der Waals surface area contributed by atoms with Crippen molar-refractivity contribution in [2.75, 3.05) is 0 Å². The standard InChI is InChI=1S/C15H10O2.Rb/c16-15(17)13-7-3-6-12-8-10-4-1-2-5-11(10)9-14(12)13;/h1-9H,(H,16,17);/q;+1/p-1. The summed E-state index contributed by atoms with van der Waals surface area (Å²) in [6.07, 6.45) is 0. The smallest absolute Gasteiger partial charge is 0.545 e. The molecule has 0 aliphatic heterocycles. The van der Waals surface area contributed by atoms with Gasteiger partial charge in [0.2, 0.25) is 0 Å². The van der Waals surface area contributed by atoms with Crippen LogP contribution in [0.25, 0.3) is 21.5 Å². The average Bonchev–Trinajstić information content (AvgIpc) is 2.35. The molecule has 0 atom stereocenters. The van der Waals surface area contributed by atoms with Gasteiger partial charge in [0.1, 0.15) is 0 Å². The Balaban J connectivity index is 0.00000120. The number of benzene rings is 3. The Labute approximate surface area is 153 Å². The largest absolute Gasteiger partial charge is 1.00 e. The second kappa shape index (κ2) is 5.62. The maximum atomic E-state index is 11.0. The predicted octanol–water partition coefficient (Wildman–Crippen LogP) is -0.640. The molecule has 0 radical (unpaired) electrons. The van der Waals surface area contributed by atoms with E-state index in [1.165, 1.54) is 0 Å². The minimum Gasteiger partial charge on any atom is -0.545 e. The molecule has 3 heteroatoms. The molecule has 0 spiro atoms. The fraction of sp³-hybridized carbons (Fsp3) is 0. The molecule has 2 nitrogen and oxygen atoms in total. The molecule has 0 N–H and O–H groups in total. The van der Waals surface area contributed by atoms with Crippen LogP contribution in [0.4, 0.5) is 0 Å². The number of fused-ring (bicyclic) bond motifs is 2. The van der Waals surface area contributed by atoms with Crippen LogP contribution in [0, 0.1) is 0 Å². The zero-order chi connectivity index (χ0) is 11.8. The number of aromatic carboxylic acids is 1. The SMILES string of the molecule is O=C([O-])c1cccc2cc3ccccc3cc12.[Rb+]. The number of carboxylic acids is 1. The first-order valence-electron chi connectivity index (χ1n) is 5.38. The molecule has 3 aromatic rings. The molecule has 0 saturated carbocycles. The number of carboxylic acid groups (broad SMARTS) is 1. The fourth-order valence-corrected chi connectivity index (χ4v) is 2.14. The molecule has 0 fully saturated rings. The van der Waals surface area contributed by atoms with Crippen LogP contribution >= 0.6 is 0 Å². The van der Waals surface area contributed by atoms with Crippen molar-refractivity contribution in [3.63, 3.8) is 0 Å². The quantitative estimate of drug-likeness (QED) is 0.561. The topological polar surface area (TPSA) is 40.1 Å². The second-order valence-corrected chi connectivity index (χ2v) is 4.01. The van der Waals surface area contributed by atoms with Crippen LogP contribution < -0.4 is 63.3 Å². The van der Waals surface area contributed by atoms with Crippen LogP contribution in [0.1, 0.15) is 10.4 Å². The number of hydrogen-bond acceptors (Lipinski definition) is 2. The molecule has 0 saturated heterocycles. The summed E-state index contributed by atoms with van der Waals surface area (Å²) in [7, 11) is 0. The summed E-state index contributed by atoms with van der Waals surface area (Å²) < 4.78 is 0. The Hall–Kier alpha value is -0.545. The van der Waals surface area contributed by atoms with E-state index >= 15 is 0 Å². The van der Waals surface area contributed by atoms with Gasteiger partial charge in [-0.05, 0) is 33.7 Å². The Kier molecular flexibility index (Phi) is 4.33. The van der Waals surface area contributed by atoms with Gasteiger partial charge in [-0.1, -0.05) is 42.5 Å². The molecular formula is C15H9O2Rb. The molecule has 82 valence electrons. The van der Waals surface area contributed by atoms with Crippen molar-refractivity contribution in [3.05, 3.63) is 60.2 Å². The number of carbonyl (C=O) groups is 1. The number of rotatable bonds is 1. The van der Waals surface area contributed by atoms with Crippen molar-refractivity contribution in [3.8, 4) is 0 Å². The van der Waals surface area contributed by atoms with Crippen LogP contribution in [-0.4, -0.2) is 5.97 Å². The average molecular weight is 307 g/mol. The van der Waals surface area contributed by atoms with Gasteiger partial charge < -0.3 is 9.90 Å². The summed E-state index contributed by atoms with van der Waals surface area (Å²) in [6, 6.07) is 17.0. The molecule has 0 aliphatic rings. The van der Waals surface area contributed by atoms with E-state index < -0.39 is 5.97 Å². The van der Waals surface area contributed by atoms with E-state index in [0.29, 0.717) is 0 Å². The maximum Gasteiger partial charge on any atom is 1.00 e. The van der Waals surface area contributed by atoms with Crippen molar-refractivity contribution in [1.82, 2.24) is 0 Å². The van der Waals surface area contributed by atoms with E-state index in [1.807, 2.05) is 42.5 Å². The molecule has 0 bridgehead atoms. The van der Waals surface area contributed by atoms with Gasteiger partial charge in [-0.25, -0.2) is 0 Å². The van der Waals surface area contributed by atoms with E-state index in [0.717, 1.165) is 21.5 Å². The molecule has 3 aromatic carbocycles. The Bertz CT molecular complexity index is 735. The third-order valence-corrected chi connectivity index (χ3v) is 2.97. The monoisotopic (exact) mass is 306 g/mol. The van der Waals surface area contributed by atoms with Crippen LogP contribution in [0.3, 0.4) is 0 Å². The van der Waals surface area contributed by atoms with Crippen molar-refractivity contribution < 1.29 is 68.1 Å². The predicted molar refractivity (Wildman–Crippen MR) is 65.8 cm³/mol. The zero-order valence-electron chi connectivity index (χ0n) is 10.0. The van der Waals surface area contributed by atoms with E-state index in [4.69, 9.17) is 0 Å². The first-order valence-corrected chi connectivity index (χ1v) is 5.38. The molecule has 0 unspecified atom stereocenters. The van der Waals surface area contributed by atoms with Crippen LogP contribution in [-0.2, 0) is 0 Å². The number of carbonyl (C=O) groups excluding carboxylic acids is 1. The van der Waals surface area contributed by atoms with E-state index in [2.05, 4.69) is 0 Å². The molecule has 3 rings (SSSR count). The Morgan fingerprint density at radius 2 is 1.44 bits per heavy atom. The van der Waals surface area contributed by atoms with Crippen molar-refractivity contribution in [1.29, 1.82) is 0 Å². The van der Waals surface area contributed by atoms with Gasteiger partial charge in [0, 0.05) is 5.56 Å². The third-order valence-electron chi connectivity index (χ3n) is 2.97. The van der Waals surface area contributed by atoms with Crippen LogP contribution in [0.15, 0.2) is 54.6 Å². The second-order valence-electron chi connectivity index (χ2n) is 4.01. The van der Waals surface area contributed by atoms with Gasteiger partial charge >= 0.3 is 58.2 Å². The maximum absolute atomic E-state index is 11.0. The molecule has 0 heterocycles. The minimum absolute atomic E-state index is 0. The first-order chi connectivity index (χ1) is 8.25. The summed E-state index contributed by atoms with van der Waals surface area (Å²) in [5.41, 5.74) is 0.244. The Morgan fingerprint density at radius 1 is 0.833 bits per heavy atom. The van der Waals surface area contributed by atoms with Crippen molar-refractivity contribution in [2.24, 2.45) is 0 Å². The van der Waals surface area contributed by atoms with Gasteiger partial charge in [0.05, 0.1) is 5.97 Å². The Morgan fingerprint density at radius 3 is 2.11 bits per heavy atom. The summed E-state index contributed by atoms with van der Waals surface area (Å²) in [4.78, 5) is 11.0. The molecule has 0 amide bonds. The summed E-state index contributed by atoms with van der Waals surface area (Å²) in [5, 5.41) is 14.8. The van der Waals surface area contributed by atoms with Crippen LogP contribution in [0.2, 0.25) is 0 Å². The number of hydrogen-bond donors (Lipinski definition) is 0. The molecule has 0 aliphatic carbocycles. The van der Waals surface area contributed by atoms with Gasteiger partial charge in [0.15, 0.2) is 0 Å². The molecule has 0 aromatic heterocycles. The molecular weight excluding hydrogens is 298 g/mol. The summed E-state index contributed by atoms with van der Waals surface area (Å²) >= 11 is 0. The van der Waals surface area contributed by atoms with Gasteiger partial charge in [0.25, 0.3) is 0 Å². The van der Waals surface area contributed by atoms with E-state index in [9.17, 15) is 9.90 Å². The molecule has 18 heavy (non-hydrogen) atoms. The first kappa shape index (κ1) is 13.9. The van der Waals surface area contributed by atoms with Crippen LogP contribution in [0.5, 0.6) is 0 Å². The van der Waals surface area contributed by atoms with E-state index in [1.54, 1.807) is 12.1 Å². The van der Waals surface area contributed by atoms with Gasteiger partial charge in [-0.3, -0.25) is 0 Å². The zero-order valence-corrected chi connectivity index (χ0v) is 14.9.